The van der Waals surface area contributed by atoms with Gasteiger partial charge in [0.2, 0.25) is 5.78 Å². The summed E-state index contributed by atoms with van der Waals surface area (Å²) < 4.78 is 0.252. The summed E-state index contributed by atoms with van der Waals surface area (Å²) >= 11 is 3.15. The molecule has 0 unspecified atom stereocenters. The van der Waals surface area contributed by atoms with E-state index in [4.69, 9.17) is 0 Å². The van der Waals surface area contributed by atoms with Gasteiger partial charge in [-0.1, -0.05) is 24.3 Å². The number of benzene rings is 3. The van der Waals surface area contributed by atoms with Crippen molar-refractivity contribution in [3.8, 4) is 17.2 Å². The molecule has 110 valence electrons. The van der Waals surface area contributed by atoms with Gasteiger partial charge in [0, 0.05) is 10.5 Å². The van der Waals surface area contributed by atoms with E-state index in [1.54, 1.807) is 6.07 Å². The molecule has 3 N–H and O–H groups in total. The number of phenols is 3. The molecule has 0 saturated heterocycles. The Morgan fingerprint density at radius 1 is 0.864 bits per heavy atom. The second-order valence-electron chi connectivity index (χ2n) is 4.87. The second-order valence-corrected chi connectivity index (χ2v) is 5.72. The molecule has 0 spiro atoms. The number of rotatable bonds is 2. The summed E-state index contributed by atoms with van der Waals surface area (Å²) in [5, 5.41) is 31.1. The quantitative estimate of drug-likeness (QED) is 0.606. The lowest BCUT2D eigenvalue weighted by Crippen LogP contribution is -2.03. The van der Waals surface area contributed by atoms with Crippen LogP contribution in [0.4, 0.5) is 0 Å². The van der Waals surface area contributed by atoms with Gasteiger partial charge in [0.25, 0.3) is 0 Å². The highest BCUT2D eigenvalue weighted by atomic mass is 79.9. The minimum absolute atomic E-state index is 0.0108. The predicted molar refractivity (Wildman–Crippen MR) is 86.5 cm³/mol. The number of fused-ring (bicyclic) bond motifs is 1. The zero-order valence-corrected chi connectivity index (χ0v) is 12.8. The summed E-state index contributed by atoms with van der Waals surface area (Å²) in [4.78, 5) is 12.6. The van der Waals surface area contributed by atoms with Crippen LogP contribution in [-0.2, 0) is 0 Å². The number of ketones is 1. The SMILES string of the molecule is O=C(c1cc2ccccc2cc1O)c1c(O)cc(O)cc1Br. The van der Waals surface area contributed by atoms with E-state index in [-0.39, 0.29) is 32.8 Å². The third kappa shape index (κ3) is 2.40. The van der Waals surface area contributed by atoms with Crippen LogP contribution in [0.25, 0.3) is 10.8 Å². The van der Waals surface area contributed by atoms with E-state index < -0.39 is 5.78 Å². The molecular formula is C17H11BrO4. The van der Waals surface area contributed by atoms with Crippen molar-refractivity contribution in [3.05, 3.63) is 64.1 Å². The van der Waals surface area contributed by atoms with Gasteiger partial charge >= 0.3 is 0 Å². The molecule has 3 rings (SSSR count). The lowest BCUT2D eigenvalue weighted by molar-refractivity contribution is 0.103. The number of hydrogen-bond acceptors (Lipinski definition) is 4. The summed E-state index contributed by atoms with van der Waals surface area (Å²) in [5.41, 5.74) is 0.0729. The van der Waals surface area contributed by atoms with Gasteiger partial charge in [-0.15, -0.1) is 0 Å². The molecule has 0 aliphatic rings. The lowest BCUT2D eigenvalue weighted by atomic mass is 9.98. The van der Waals surface area contributed by atoms with Crippen LogP contribution in [0.2, 0.25) is 0 Å². The van der Waals surface area contributed by atoms with E-state index in [0.29, 0.717) is 0 Å². The number of carbonyl (C=O) groups excluding carboxylic acids is 1. The van der Waals surface area contributed by atoms with E-state index in [0.717, 1.165) is 16.8 Å². The predicted octanol–water partition coefficient (Wildman–Crippen LogP) is 3.95. The second kappa shape index (κ2) is 5.35. The lowest BCUT2D eigenvalue weighted by Gasteiger charge is -2.10. The maximum atomic E-state index is 12.6. The molecule has 0 radical (unpaired) electrons. The number of aromatic hydroxyl groups is 3. The van der Waals surface area contributed by atoms with Gasteiger partial charge in [-0.05, 0) is 44.9 Å². The number of hydrogen-bond donors (Lipinski definition) is 3. The molecule has 0 aromatic heterocycles. The van der Waals surface area contributed by atoms with E-state index in [2.05, 4.69) is 15.9 Å². The van der Waals surface area contributed by atoms with Crippen molar-refractivity contribution in [1.29, 1.82) is 0 Å². The minimum Gasteiger partial charge on any atom is -0.508 e. The Bertz CT molecular complexity index is 879. The Hall–Kier alpha value is -2.53. The molecule has 3 aromatic rings. The van der Waals surface area contributed by atoms with E-state index >= 15 is 0 Å². The molecule has 0 saturated carbocycles. The average Bonchev–Trinajstić information content (AvgIpc) is 2.45. The van der Waals surface area contributed by atoms with Crippen LogP contribution in [0.3, 0.4) is 0 Å². The van der Waals surface area contributed by atoms with Crippen molar-refractivity contribution in [3.63, 3.8) is 0 Å². The van der Waals surface area contributed by atoms with Crippen LogP contribution in [0.1, 0.15) is 15.9 Å². The highest BCUT2D eigenvalue weighted by Crippen LogP contribution is 2.35. The van der Waals surface area contributed by atoms with Gasteiger partial charge < -0.3 is 15.3 Å². The maximum absolute atomic E-state index is 12.6. The Kier molecular flexibility index (Phi) is 3.50. The normalized spacial score (nSPS) is 10.8. The Morgan fingerprint density at radius 3 is 2.14 bits per heavy atom. The van der Waals surface area contributed by atoms with Crippen LogP contribution in [-0.4, -0.2) is 21.1 Å². The highest BCUT2D eigenvalue weighted by molar-refractivity contribution is 9.10. The summed E-state index contributed by atoms with van der Waals surface area (Å²) in [6.45, 7) is 0. The summed E-state index contributed by atoms with van der Waals surface area (Å²) in [5.74, 6) is -1.22. The molecule has 0 fully saturated rings. The van der Waals surface area contributed by atoms with Gasteiger partial charge in [0.1, 0.15) is 17.2 Å². The topological polar surface area (TPSA) is 77.8 Å². The molecule has 3 aromatic carbocycles. The Balaban J connectivity index is 2.19. The van der Waals surface area contributed by atoms with Crippen molar-refractivity contribution in [2.45, 2.75) is 0 Å². The average molecular weight is 359 g/mol. The largest absolute Gasteiger partial charge is 0.508 e. The van der Waals surface area contributed by atoms with Crippen molar-refractivity contribution in [2.24, 2.45) is 0 Å². The van der Waals surface area contributed by atoms with Gasteiger partial charge in [0.15, 0.2) is 0 Å². The first-order valence-electron chi connectivity index (χ1n) is 6.45. The van der Waals surface area contributed by atoms with Crippen molar-refractivity contribution in [2.75, 3.05) is 0 Å². The third-order valence-electron chi connectivity index (χ3n) is 3.39. The molecule has 22 heavy (non-hydrogen) atoms. The summed E-state index contributed by atoms with van der Waals surface area (Å²) in [7, 11) is 0. The van der Waals surface area contributed by atoms with Crippen molar-refractivity contribution < 1.29 is 20.1 Å². The van der Waals surface area contributed by atoms with Crippen LogP contribution in [0.5, 0.6) is 17.2 Å². The molecule has 0 bridgehead atoms. The number of carbonyl (C=O) groups is 1. The van der Waals surface area contributed by atoms with Gasteiger partial charge in [0.05, 0.1) is 11.1 Å². The molecule has 5 heteroatoms. The zero-order chi connectivity index (χ0) is 15.9. The molecule has 0 heterocycles. The minimum atomic E-state index is -0.535. The molecule has 4 nitrogen and oxygen atoms in total. The number of phenolic OH excluding ortho intramolecular Hbond substituents is 3. The fourth-order valence-corrected chi connectivity index (χ4v) is 2.97. The first kappa shape index (κ1) is 14.4. The first-order valence-corrected chi connectivity index (χ1v) is 7.24. The van der Waals surface area contributed by atoms with E-state index in [9.17, 15) is 20.1 Å². The molecular weight excluding hydrogens is 348 g/mol. The Labute approximate surface area is 134 Å². The maximum Gasteiger partial charge on any atom is 0.201 e. The molecule has 0 aliphatic heterocycles. The smallest absolute Gasteiger partial charge is 0.201 e. The molecule has 0 aliphatic carbocycles. The van der Waals surface area contributed by atoms with Gasteiger partial charge in [-0.25, -0.2) is 0 Å². The fraction of sp³-hybridized carbons (Fsp3) is 0. The fourth-order valence-electron chi connectivity index (χ4n) is 2.35. The van der Waals surface area contributed by atoms with Gasteiger partial charge in [-0.3, -0.25) is 4.79 Å². The zero-order valence-electron chi connectivity index (χ0n) is 11.2. The molecule has 0 amide bonds. The first-order chi connectivity index (χ1) is 10.5. The Morgan fingerprint density at radius 2 is 1.50 bits per heavy atom. The molecule has 0 atom stereocenters. The summed E-state index contributed by atoms with van der Waals surface area (Å²) in [6.07, 6.45) is 0. The van der Waals surface area contributed by atoms with Crippen LogP contribution >= 0.6 is 15.9 Å². The summed E-state index contributed by atoms with van der Waals surface area (Å²) in [6, 6.07) is 12.8. The van der Waals surface area contributed by atoms with Gasteiger partial charge in [-0.2, -0.15) is 0 Å². The third-order valence-corrected chi connectivity index (χ3v) is 4.02. The van der Waals surface area contributed by atoms with E-state index in [1.165, 1.54) is 12.1 Å². The van der Waals surface area contributed by atoms with Crippen LogP contribution < -0.4 is 0 Å². The monoisotopic (exact) mass is 358 g/mol. The number of halogens is 1. The van der Waals surface area contributed by atoms with Crippen LogP contribution in [0, 0.1) is 0 Å². The van der Waals surface area contributed by atoms with Crippen molar-refractivity contribution in [1.82, 2.24) is 0 Å². The standard InChI is InChI=1S/C17H11BrO4/c18-13-7-11(19)8-15(21)16(13)17(22)12-5-9-3-1-2-4-10(9)6-14(12)20/h1-8,19-21H. The highest BCUT2D eigenvalue weighted by Gasteiger charge is 2.21. The van der Waals surface area contributed by atoms with Crippen LogP contribution in [0.15, 0.2) is 53.0 Å². The van der Waals surface area contributed by atoms with E-state index in [1.807, 2.05) is 24.3 Å². The van der Waals surface area contributed by atoms with Crippen molar-refractivity contribution >= 4 is 32.5 Å².